The van der Waals surface area contributed by atoms with Crippen molar-refractivity contribution < 1.29 is 9.90 Å². The molecule has 1 aliphatic rings. The van der Waals surface area contributed by atoms with Crippen LogP contribution in [0.3, 0.4) is 0 Å². The van der Waals surface area contributed by atoms with Crippen molar-refractivity contribution >= 4 is 34.9 Å². The van der Waals surface area contributed by atoms with E-state index in [4.69, 9.17) is 23.2 Å². The smallest absolute Gasteiger partial charge is 0.321 e. The van der Waals surface area contributed by atoms with E-state index >= 15 is 0 Å². The normalized spacial score (nSPS) is 19.5. The van der Waals surface area contributed by atoms with E-state index in [-0.39, 0.29) is 6.03 Å². The molecule has 0 spiro atoms. The molecule has 0 aromatic heterocycles. The Hall–Kier alpha value is -0.970. The molecule has 6 heteroatoms. The Labute approximate surface area is 109 Å². The third-order valence-corrected chi connectivity index (χ3v) is 3.19. The summed E-state index contributed by atoms with van der Waals surface area (Å²) in [6, 6.07) is 4.59. The molecule has 17 heavy (non-hydrogen) atoms. The van der Waals surface area contributed by atoms with Gasteiger partial charge in [-0.05, 0) is 24.6 Å². The van der Waals surface area contributed by atoms with Crippen LogP contribution in [-0.4, -0.2) is 35.2 Å². The molecule has 0 saturated carbocycles. The van der Waals surface area contributed by atoms with Gasteiger partial charge in [0.2, 0.25) is 0 Å². The molecule has 1 atom stereocenters. The number of aliphatic hydroxyl groups is 1. The predicted octanol–water partition coefficient (Wildman–Crippen LogP) is 2.59. The zero-order valence-corrected chi connectivity index (χ0v) is 10.5. The third-order valence-electron chi connectivity index (χ3n) is 2.62. The fraction of sp³-hybridized carbons (Fsp3) is 0.364. The van der Waals surface area contributed by atoms with Gasteiger partial charge in [-0.2, -0.15) is 0 Å². The van der Waals surface area contributed by atoms with Gasteiger partial charge in [-0.3, -0.25) is 0 Å². The maximum absolute atomic E-state index is 11.8. The Kier molecular flexibility index (Phi) is 3.76. The molecular formula is C11H12Cl2N2O2. The van der Waals surface area contributed by atoms with E-state index in [0.717, 1.165) is 0 Å². The molecule has 0 bridgehead atoms. The lowest BCUT2D eigenvalue weighted by Crippen LogP contribution is -2.33. The van der Waals surface area contributed by atoms with Crippen molar-refractivity contribution in [1.29, 1.82) is 0 Å². The van der Waals surface area contributed by atoms with Gasteiger partial charge in [0, 0.05) is 18.1 Å². The summed E-state index contributed by atoms with van der Waals surface area (Å²) >= 11 is 11.8. The Morgan fingerprint density at radius 1 is 1.47 bits per heavy atom. The zero-order chi connectivity index (χ0) is 12.4. The molecule has 92 valence electrons. The van der Waals surface area contributed by atoms with Crippen LogP contribution in [0.25, 0.3) is 0 Å². The first-order valence-electron chi connectivity index (χ1n) is 5.25. The van der Waals surface area contributed by atoms with Crippen molar-refractivity contribution in [1.82, 2.24) is 4.90 Å². The number of hydrogen-bond donors (Lipinski definition) is 2. The van der Waals surface area contributed by atoms with Gasteiger partial charge in [0.1, 0.15) is 0 Å². The van der Waals surface area contributed by atoms with Crippen LogP contribution in [0.5, 0.6) is 0 Å². The minimum Gasteiger partial charge on any atom is -0.391 e. The lowest BCUT2D eigenvalue weighted by atomic mass is 10.3. The summed E-state index contributed by atoms with van der Waals surface area (Å²) in [5.41, 5.74) is 0.477. The number of carbonyl (C=O) groups is 1. The minimum atomic E-state index is -0.435. The number of benzene rings is 1. The second-order valence-corrected chi connectivity index (χ2v) is 4.79. The van der Waals surface area contributed by atoms with Gasteiger partial charge in [0.25, 0.3) is 0 Å². The van der Waals surface area contributed by atoms with Crippen LogP contribution in [0.4, 0.5) is 10.5 Å². The number of aliphatic hydroxyl groups excluding tert-OH is 1. The molecule has 1 aliphatic heterocycles. The average Bonchev–Trinajstić information content (AvgIpc) is 2.70. The largest absolute Gasteiger partial charge is 0.391 e. The highest BCUT2D eigenvalue weighted by Gasteiger charge is 2.24. The van der Waals surface area contributed by atoms with Gasteiger partial charge < -0.3 is 15.3 Å². The summed E-state index contributed by atoms with van der Waals surface area (Å²) in [6.45, 7) is 0.898. The van der Waals surface area contributed by atoms with Gasteiger partial charge >= 0.3 is 6.03 Å². The third kappa shape index (κ3) is 3.03. The lowest BCUT2D eigenvalue weighted by Gasteiger charge is -2.17. The number of nitrogens with zero attached hydrogens (tertiary/aromatic N) is 1. The molecule has 0 aliphatic carbocycles. The first-order chi connectivity index (χ1) is 8.06. The molecule has 1 heterocycles. The van der Waals surface area contributed by atoms with Crippen molar-refractivity contribution in [2.75, 3.05) is 18.4 Å². The van der Waals surface area contributed by atoms with E-state index < -0.39 is 6.10 Å². The number of β-amino-alcohol motifs (C(OH)–C–C–N with tert-alkyl or cyclic N) is 1. The predicted molar refractivity (Wildman–Crippen MR) is 67.7 cm³/mol. The fourth-order valence-corrected chi connectivity index (χ4v) is 2.05. The number of likely N-dealkylation sites (tertiary alicyclic amines) is 1. The molecule has 0 radical (unpaired) electrons. The number of rotatable bonds is 1. The van der Waals surface area contributed by atoms with Crippen LogP contribution in [0.15, 0.2) is 18.2 Å². The Morgan fingerprint density at radius 3 is 2.88 bits per heavy atom. The number of carbonyl (C=O) groups excluding carboxylic acids is 1. The fourth-order valence-electron chi connectivity index (χ4n) is 1.71. The van der Waals surface area contributed by atoms with Crippen molar-refractivity contribution in [3.8, 4) is 0 Å². The topological polar surface area (TPSA) is 52.6 Å². The van der Waals surface area contributed by atoms with Crippen LogP contribution < -0.4 is 5.32 Å². The highest BCUT2D eigenvalue weighted by Crippen LogP contribution is 2.26. The Balaban J connectivity index is 2.05. The van der Waals surface area contributed by atoms with E-state index in [1.807, 2.05) is 0 Å². The second-order valence-electron chi connectivity index (χ2n) is 3.94. The number of anilines is 1. The lowest BCUT2D eigenvalue weighted by molar-refractivity contribution is 0.176. The van der Waals surface area contributed by atoms with E-state index in [1.54, 1.807) is 23.1 Å². The van der Waals surface area contributed by atoms with Crippen LogP contribution in [0.2, 0.25) is 10.0 Å². The number of hydrogen-bond acceptors (Lipinski definition) is 2. The van der Waals surface area contributed by atoms with Crippen molar-refractivity contribution in [3.63, 3.8) is 0 Å². The molecule has 2 rings (SSSR count). The standard InChI is InChI=1S/C11H12Cl2N2O2/c12-7-1-2-9(13)10(5-7)14-11(17)15-4-3-8(16)6-15/h1-2,5,8,16H,3-4,6H2,(H,14,17). The molecule has 1 aromatic carbocycles. The SMILES string of the molecule is O=C(Nc1cc(Cl)ccc1Cl)N1CCC(O)C1. The van der Waals surface area contributed by atoms with Gasteiger partial charge in [-0.15, -0.1) is 0 Å². The number of nitrogens with one attached hydrogen (secondary N) is 1. The van der Waals surface area contributed by atoms with Gasteiger partial charge in [-0.25, -0.2) is 4.79 Å². The van der Waals surface area contributed by atoms with Crippen molar-refractivity contribution in [2.24, 2.45) is 0 Å². The van der Waals surface area contributed by atoms with Gasteiger partial charge in [-0.1, -0.05) is 23.2 Å². The average molecular weight is 275 g/mol. The van der Waals surface area contributed by atoms with E-state index in [9.17, 15) is 9.90 Å². The number of halogens is 2. The molecular weight excluding hydrogens is 263 g/mol. The monoisotopic (exact) mass is 274 g/mol. The van der Waals surface area contributed by atoms with E-state index in [1.165, 1.54) is 0 Å². The summed E-state index contributed by atoms with van der Waals surface area (Å²) in [5, 5.41) is 13.0. The highest BCUT2D eigenvalue weighted by atomic mass is 35.5. The Morgan fingerprint density at radius 2 is 2.24 bits per heavy atom. The van der Waals surface area contributed by atoms with Gasteiger partial charge in [0.15, 0.2) is 0 Å². The summed E-state index contributed by atoms with van der Waals surface area (Å²) in [5.74, 6) is 0. The van der Waals surface area contributed by atoms with Crippen LogP contribution in [0, 0.1) is 0 Å². The van der Waals surface area contributed by atoms with Crippen LogP contribution >= 0.6 is 23.2 Å². The van der Waals surface area contributed by atoms with Crippen LogP contribution in [-0.2, 0) is 0 Å². The summed E-state index contributed by atoms with van der Waals surface area (Å²) < 4.78 is 0. The first-order valence-corrected chi connectivity index (χ1v) is 6.01. The maximum Gasteiger partial charge on any atom is 0.321 e. The maximum atomic E-state index is 11.8. The molecule has 1 fully saturated rings. The quantitative estimate of drug-likeness (QED) is 0.827. The van der Waals surface area contributed by atoms with Crippen molar-refractivity contribution in [3.05, 3.63) is 28.2 Å². The number of amides is 2. The summed E-state index contributed by atoms with van der Waals surface area (Å²) in [4.78, 5) is 13.4. The van der Waals surface area contributed by atoms with E-state index in [0.29, 0.717) is 35.2 Å². The molecule has 2 amide bonds. The van der Waals surface area contributed by atoms with E-state index in [2.05, 4.69) is 5.32 Å². The van der Waals surface area contributed by atoms with Gasteiger partial charge in [0.05, 0.1) is 16.8 Å². The highest BCUT2D eigenvalue weighted by molar-refractivity contribution is 6.35. The first kappa shape index (κ1) is 12.5. The minimum absolute atomic E-state index is 0.272. The summed E-state index contributed by atoms with van der Waals surface area (Å²) in [6.07, 6.45) is 0.173. The van der Waals surface area contributed by atoms with Crippen molar-refractivity contribution in [2.45, 2.75) is 12.5 Å². The molecule has 2 N–H and O–H groups in total. The zero-order valence-electron chi connectivity index (χ0n) is 8.99. The molecule has 1 saturated heterocycles. The number of urea groups is 1. The Bertz CT molecular complexity index is 439. The molecule has 1 aromatic rings. The second kappa shape index (κ2) is 5.12. The van der Waals surface area contributed by atoms with Crippen LogP contribution in [0.1, 0.15) is 6.42 Å². The molecule has 4 nitrogen and oxygen atoms in total. The summed E-state index contributed by atoms with van der Waals surface area (Å²) in [7, 11) is 0. The molecule has 1 unspecified atom stereocenters.